The highest BCUT2D eigenvalue weighted by molar-refractivity contribution is 5.80. The minimum Gasteiger partial charge on any atom is -0.490 e. The van der Waals surface area contributed by atoms with E-state index in [1.807, 2.05) is 24.3 Å². The molecule has 0 atom stereocenters. The summed E-state index contributed by atoms with van der Waals surface area (Å²) in [7, 11) is 0. The Balaban J connectivity index is 2.14. The molecule has 4 nitrogen and oxygen atoms in total. The molecule has 0 heterocycles. The molecular weight excluding hydrogens is 276 g/mol. The lowest BCUT2D eigenvalue weighted by Gasteiger charge is -2.09. The molecule has 0 radical (unpaired) electrons. The lowest BCUT2D eigenvalue weighted by Crippen LogP contribution is -2.30. The molecule has 22 heavy (non-hydrogen) atoms. The van der Waals surface area contributed by atoms with Crippen LogP contribution in [0.25, 0.3) is 0 Å². The van der Waals surface area contributed by atoms with Crippen molar-refractivity contribution in [3.8, 4) is 5.75 Å². The fourth-order valence-corrected chi connectivity index (χ4v) is 2.03. The van der Waals surface area contributed by atoms with Gasteiger partial charge >= 0.3 is 0 Å². The number of ether oxygens (including phenoxy) is 1. The van der Waals surface area contributed by atoms with Crippen molar-refractivity contribution in [2.24, 2.45) is 0 Å². The predicted molar refractivity (Wildman–Crippen MR) is 92.4 cm³/mol. The van der Waals surface area contributed by atoms with Crippen molar-refractivity contribution in [2.45, 2.75) is 39.0 Å². The summed E-state index contributed by atoms with van der Waals surface area (Å²) >= 11 is 0. The van der Waals surface area contributed by atoms with Gasteiger partial charge in [-0.2, -0.15) is 0 Å². The first-order chi connectivity index (χ1) is 10.8. The summed E-state index contributed by atoms with van der Waals surface area (Å²) < 4.78 is 5.40. The summed E-state index contributed by atoms with van der Waals surface area (Å²) in [4.78, 5) is 11.7. The number of benzene rings is 1. The van der Waals surface area contributed by atoms with Crippen molar-refractivity contribution < 1.29 is 9.53 Å². The molecule has 1 aromatic carbocycles. The third kappa shape index (κ3) is 8.35. The molecule has 0 aliphatic carbocycles. The number of amides is 1. The van der Waals surface area contributed by atoms with Crippen LogP contribution in [0.2, 0.25) is 0 Å². The molecule has 0 aliphatic rings. The van der Waals surface area contributed by atoms with Gasteiger partial charge in [-0.15, -0.1) is 0 Å². The molecule has 122 valence electrons. The molecule has 0 aromatic heterocycles. The third-order valence-corrected chi connectivity index (χ3v) is 3.28. The lowest BCUT2D eigenvalue weighted by atomic mass is 10.1. The summed E-state index contributed by atoms with van der Waals surface area (Å²) in [5.41, 5.74) is 0.907. The summed E-state index contributed by atoms with van der Waals surface area (Å²) in [5, 5.41) is 6.03. The number of anilines is 1. The highest BCUT2D eigenvalue weighted by Crippen LogP contribution is 2.15. The van der Waals surface area contributed by atoms with Crippen LogP contribution in [0.3, 0.4) is 0 Å². The second kappa shape index (κ2) is 11.7. The highest BCUT2D eigenvalue weighted by Gasteiger charge is 2.01. The zero-order valence-corrected chi connectivity index (χ0v) is 13.6. The lowest BCUT2D eigenvalue weighted by molar-refractivity contribution is -0.119. The summed E-state index contributed by atoms with van der Waals surface area (Å²) in [6.45, 7) is 7.35. The molecule has 1 aromatic rings. The van der Waals surface area contributed by atoms with E-state index in [-0.39, 0.29) is 5.91 Å². The molecule has 1 rings (SSSR count). The average Bonchev–Trinajstić information content (AvgIpc) is 2.55. The number of carbonyl (C=O) groups excluding carboxylic acids is 1. The van der Waals surface area contributed by atoms with Crippen molar-refractivity contribution in [3.05, 3.63) is 36.9 Å². The number of carbonyl (C=O) groups is 1. The Labute approximate surface area is 133 Å². The summed E-state index contributed by atoms with van der Waals surface area (Å²) in [6, 6.07) is 7.54. The van der Waals surface area contributed by atoms with E-state index in [0.29, 0.717) is 13.2 Å². The van der Waals surface area contributed by atoms with E-state index in [2.05, 4.69) is 24.1 Å². The fourth-order valence-electron chi connectivity index (χ4n) is 2.03. The Morgan fingerprint density at radius 3 is 2.59 bits per heavy atom. The van der Waals surface area contributed by atoms with Crippen molar-refractivity contribution in [1.82, 2.24) is 5.32 Å². The van der Waals surface area contributed by atoms with Crippen LogP contribution in [0.1, 0.15) is 39.0 Å². The molecule has 0 saturated heterocycles. The van der Waals surface area contributed by atoms with Crippen molar-refractivity contribution in [3.63, 3.8) is 0 Å². The maximum atomic E-state index is 11.7. The molecule has 0 spiro atoms. The first-order valence-corrected chi connectivity index (χ1v) is 8.10. The third-order valence-electron chi connectivity index (χ3n) is 3.28. The largest absolute Gasteiger partial charge is 0.490 e. The van der Waals surface area contributed by atoms with E-state index >= 15 is 0 Å². The number of hydrogen-bond donors (Lipinski definition) is 2. The number of unbranched alkanes of at least 4 members (excludes halogenated alkanes) is 4. The van der Waals surface area contributed by atoms with Crippen molar-refractivity contribution in [2.75, 3.05) is 25.0 Å². The van der Waals surface area contributed by atoms with Gasteiger partial charge < -0.3 is 15.4 Å². The number of rotatable bonds is 12. The van der Waals surface area contributed by atoms with Crippen LogP contribution in [0, 0.1) is 0 Å². The van der Waals surface area contributed by atoms with Gasteiger partial charge in [0.05, 0.1) is 6.54 Å². The maximum Gasteiger partial charge on any atom is 0.239 e. The SMILES string of the molecule is C=CCOc1ccc(NCC(=O)NCCCCCCC)cc1. The zero-order chi connectivity index (χ0) is 16.0. The van der Waals surface area contributed by atoms with Crippen LogP contribution in [-0.2, 0) is 4.79 Å². The molecular formula is C18H28N2O2. The standard InChI is InChI=1S/C18H28N2O2/c1-3-5-6-7-8-13-19-18(21)15-20-16-9-11-17(12-10-16)22-14-4-2/h4,9-12,20H,2-3,5-8,13-15H2,1H3,(H,19,21). The van der Waals surface area contributed by atoms with Gasteiger partial charge in [-0.1, -0.05) is 45.3 Å². The second-order valence-electron chi connectivity index (χ2n) is 5.24. The van der Waals surface area contributed by atoms with Gasteiger partial charge in [0.2, 0.25) is 5.91 Å². The van der Waals surface area contributed by atoms with E-state index in [9.17, 15) is 4.79 Å². The number of nitrogens with one attached hydrogen (secondary N) is 2. The Morgan fingerprint density at radius 1 is 1.18 bits per heavy atom. The molecule has 0 unspecified atom stereocenters. The Hall–Kier alpha value is -1.97. The number of hydrogen-bond acceptors (Lipinski definition) is 3. The molecule has 0 bridgehead atoms. The molecule has 0 aliphatic heterocycles. The monoisotopic (exact) mass is 304 g/mol. The van der Waals surface area contributed by atoms with Crippen molar-refractivity contribution >= 4 is 11.6 Å². The van der Waals surface area contributed by atoms with Gasteiger partial charge in [-0.25, -0.2) is 0 Å². The van der Waals surface area contributed by atoms with Crippen LogP contribution in [-0.4, -0.2) is 25.6 Å². The minimum atomic E-state index is 0.0301. The Morgan fingerprint density at radius 2 is 1.91 bits per heavy atom. The van der Waals surface area contributed by atoms with Gasteiger partial charge in [0.25, 0.3) is 0 Å². The first-order valence-electron chi connectivity index (χ1n) is 8.10. The molecule has 2 N–H and O–H groups in total. The van der Waals surface area contributed by atoms with Gasteiger partial charge in [-0.3, -0.25) is 4.79 Å². The van der Waals surface area contributed by atoms with Crippen LogP contribution >= 0.6 is 0 Å². The van der Waals surface area contributed by atoms with Crippen LogP contribution in [0.5, 0.6) is 5.75 Å². The zero-order valence-electron chi connectivity index (χ0n) is 13.6. The van der Waals surface area contributed by atoms with E-state index in [1.165, 1.54) is 25.7 Å². The van der Waals surface area contributed by atoms with Gasteiger partial charge in [0.15, 0.2) is 0 Å². The topological polar surface area (TPSA) is 50.4 Å². The highest BCUT2D eigenvalue weighted by atomic mass is 16.5. The average molecular weight is 304 g/mol. The van der Waals surface area contributed by atoms with Gasteiger partial charge in [0, 0.05) is 12.2 Å². The van der Waals surface area contributed by atoms with E-state index in [4.69, 9.17) is 4.74 Å². The molecule has 4 heteroatoms. The molecule has 0 fully saturated rings. The van der Waals surface area contributed by atoms with Crippen LogP contribution in [0.4, 0.5) is 5.69 Å². The second-order valence-corrected chi connectivity index (χ2v) is 5.24. The van der Waals surface area contributed by atoms with Crippen LogP contribution in [0.15, 0.2) is 36.9 Å². The van der Waals surface area contributed by atoms with Gasteiger partial charge in [0.1, 0.15) is 12.4 Å². The van der Waals surface area contributed by atoms with E-state index < -0.39 is 0 Å². The first kappa shape index (κ1) is 18.1. The maximum absolute atomic E-state index is 11.7. The fraction of sp³-hybridized carbons (Fsp3) is 0.500. The van der Waals surface area contributed by atoms with E-state index in [0.717, 1.165) is 24.4 Å². The predicted octanol–water partition coefficient (Wildman–Crippen LogP) is 3.75. The summed E-state index contributed by atoms with van der Waals surface area (Å²) in [6.07, 6.45) is 7.73. The van der Waals surface area contributed by atoms with E-state index in [1.54, 1.807) is 6.08 Å². The Bertz CT molecular complexity index is 429. The normalized spacial score (nSPS) is 10.0. The minimum absolute atomic E-state index is 0.0301. The van der Waals surface area contributed by atoms with Crippen molar-refractivity contribution in [1.29, 1.82) is 0 Å². The smallest absolute Gasteiger partial charge is 0.239 e. The van der Waals surface area contributed by atoms with Crippen LogP contribution < -0.4 is 15.4 Å². The summed E-state index contributed by atoms with van der Waals surface area (Å²) in [5.74, 6) is 0.824. The molecule has 1 amide bonds. The molecule has 0 saturated carbocycles. The van der Waals surface area contributed by atoms with Gasteiger partial charge in [-0.05, 0) is 30.7 Å². The Kier molecular flexibility index (Phi) is 9.59. The quantitative estimate of drug-likeness (QED) is 0.457.